The first-order chi connectivity index (χ1) is 7.80. The lowest BCUT2D eigenvalue weighted by Crippen LogP contribution is -2.53. The minimum atomic E-state index is -4.06. The highest BCUT2D eigenvalue weighted by atomic mass is 19.4. The smallest absolute Gasteiger partial charge is 0.324 e. The predicted octanol–water partition coefficient (Wildman–Crippen LogP) is 2.78. The Kier molecular flexibility index (Phi) is 4.84. The molecule has 2 N–H and O–H groups in total. The maximum absolute atomic E-state index is 12.7. The molecule has 1 unspecified atom stereocenters. The predicted molar refractivity (Wildman–Crippen MR) is 62.7 cm³/mol. The molecule has 1 saturated heterocycles. The quantitative estimate of drug-likeness (QED) is 0.833. The zero-order valence-corrected chi connectivity index (χ0v) is 10.7. The van der Waals surface area contributed by atoms with Gasteiger partial charge in [-0.2, -0.15) is 13.2 Å². The third kappa shape index (κ3) is 4.14. The number of rotatable bonds is 4. The van der Waals surface area contributed by atoms with Crippen molar-refractivity contribution < 1.29 is 13.2 Å². The lowest BCUT2D eigenvalue weighted by atomic mass is 9.90. The Hall–Kier alpha value is -0.290. The van der Waals surface area contributed by atoms with Crippen LogP contribution in [0.2, 0.25) is 0 Å². The maximum atomic E-state index is 12.7. The van der Waals surface area contributed by atoms with E-state index in [2.05, 4.69) is 0 Å². The molecule has 17 heavy (non-hydrogen) atoms. The molecule has 0 aromatic heterocycles. The van der Waals surface area contributed by atoms with Crippen molar-refractivity contribution in [3.05, 3.63) is 0 Å². The molecule has 0 aromatic carbocycles. The lowest BCUT2D eigenvalue weighted by molar-refractivity contribution is -0.187. The normalized spacial score (nSPS) is 24.0. The van der Waals surface area contributed by atoms with Crippen molar-refractivity contribution in [1.82, 2.24) is 4.90 Å². The van der Waals surface area contributed by atoms with Crippen LogP contribution in [0.3, 0.4) is 0 Å². The monoisotopic (exact) mass is 252 g/mol. The van der Waals surface area contributed by atoms with Gasteiger partial charge in [-0.05, 0) is 32.2 Å². The molecule has 1 rings (SSSR count). The minimum absolute atomic E-state index is 0.114. The van der Waals surface area contributed by atoms with Crippen LogP contribution in [-0.4, -0.2) is 36.2 Å². The number of likely N-dealkylation sites (tertiary alicyclic amines) is 1. The number of piperidine rings is 1. The fourth-order valence-electron chi connectivity index (χ4n) is 2.39. The number of halogens is 3. The van der Waals surface area contributed by atoms with Gasteiger partial charge < -0.3 is 10.6 Å². The van der Waals surface area contributed by atoms with E-state index >= 15 is 0 Å². The molecular weight excluding hydrogens is 229 g/mol. The molecular formula is C12H23F3N2. The third-order valence-corrected chi connectivity index (χ3v) is 3.92. The second kappa shape index (κ2) is 5.57. The Morgan fingerprint density at radius 1 is 1.24 bits per heavy atom. The van der Waals surface area contributed by atoms with E-state index in [9.17, 15) is 13.2 Å². The van der Waals surface area contributed by atoms with Gasteiger partial charge >= 0.3 is 6.18 Å². The van der Waals surface area contributed by atoms with Crippen LogP contribution in [0.4, 0.5) is 13.2 Å². The van der Waals surface area contributed by atoms with Crippen molar-refractivity contribution in [2.24, 2.45) is 11.7 Å². The molecule has 0 bridgehead atoms. The largest absolute Gasteiger partial charge is 0.393 e. The van der Waals surface area contributed by atoms with Gasteiger partial charge in [-0.3, -0.25) is 0 Å². The molecule has 1 aliphatic rings. The number of alkyl halides is 3. The van der Waals surface area contributed by atoms with Crippen molar-refractivity contribution in [3.63, 3.8) is 0 Å². The summed E-state index contributed by atoms with van der Waals surface area (Å²) in [5.74, 6) is -1.17. The van der Waals surface area contributed by atoms with Crippen LogP contribution >= 0.6 is 0 Å². The molecule has 1 aliphatic heterocycles. The second-order valence-electron chi connectivity index (χ2n) is 5.19. The van der Waals surface area contributed by atoms with E-state index < -0.39 is 12.1 Å². The van der Waals surface area contributed by atoms with Gasteiger partial charge in [0.25, 0.3) is 0 Å². The number of hydrogen-bond donors (Lipinski definition) is 1. The molecule has 1 atom stereocenters. The fourth-order valence-corrected chi connectivity index (χ4v) is 2.39. The van der Waals surface area contributed by atoms with E-state index in [0.717, 1.165) is 19.4 Å². The van der Waals surface area contributed by atoms with Gasteiger partial charge in [-0.15, -0.1) is 0 Å². The Balaban J connectivity index is 2.56. The van der Waals surface area contributed by atoms with Gasteiger partial charge in [0.2, 0.25) is 0 Å². The first-order valence-corrected chi connectivity index (χ1v) is 6.38. The summed E-state index contributed by atoms with van der Waals surface area (Å²) in [5.41, 5.74) is 5.82. The summed E-state index contributed by atoms with van der Waals surface area (Å²) < 4.78 is 38.0. The van der Waals surface area contributed by atoms with Crippen LogP contribution in [0.25, 0.3) is 0 Å². The van der Waals surface area contributed by atoms with Crippen LogP contribution in [0, 0.1) is 5.92 Å². The Morgan fingerprint density at radius 2 is 1.82 bits per heavy atom. The van der Waals surface area contributed by atoms with E-state index in [1.165, 1.54) is 0 Å². The molecule has 0 amide bonds. The Morgan fingerprint density at radius 3 is 2.29 bits per heavy atom. The average molecular weight is 252 g/mol. The Labute approximate surface area is 101 Å². The minimum Gasteiger partial charge on any atom is -0.324 e. The number of nitrogens with zero attached hydrogens (tertiary/aromatic N) is 1. The van der Waals surface area contributed by atoms with Gasteiger partial charge in [-0.25, -0.2) is 0 Å². The molecule has 0 spiro atoms. The maximum Gasteiger partial charge on any atom is 0.393 e. The summed E-state index contributed by atoms with van der Waals surface area (Å²) in [7, 11) is 0. The Bertz CT molecular complexity index is 236. The van der Waals surface area contributed by atoms with Gasteiger partial charge in [0.1, 0.15) is 0 Å². The van der Waals surface area contributed by atoms with Crippen LogP contribution in [0.1, 0.15) is 39.5 Å². The highest BCUT2D eigenvalue weighted by Gasteiger charge is 2.42. The van der Waals surface area contributed by atoms with Gasteiger partial charge in [0.15, 0.2) is 0 Å². The molecule has 0 radical (unpaired) electrons. The summed E-state index contributed by atoms with van der Waals surface area (Å²) >= 11 is 0. The SMILES string of the molecule is CCC(N)(CC)CN1CCCC(C(F)(F)F)C1. The number of nitrogens with two attached hydrogens (primary N) is 1. The van der Waals surface area contributed by atoms with Crippen LogP contribution in [-0.2, 0) is 0 Å². The highest BCUT2D eigenvalue weighted by molar-refractivity contribution is 4.88. The summed E-state index contributed by atoms with van der Waals surface area (Å²) in [5, 5.41) is 0. The lowest BCUT2D eigenvalue weighted by Gasteiger charge is -2.39. The summed E-state index contributed by atoms with van der Waals surface area (Å²) in [4.78, 5) is 1.88. The van der Waals surface area contributed by atoms with E-state index in [4.69, 9.17) is 5.73 Å². The first kappa shape index (κ1) is 14.8. The van der Waals surface area contributed by atoms with Gasteiger partial charge in [-0.1, -0.05) is 13.8 Å². The first-order valence-electron chi connectivity index (χ1n) is 6.38. The van der Waals surface area contributed by atoms with E-state index in [0.29, 0.717) is 13.0 Å². The zero-order valence-electron chi connectivity index (χ0n) is 10.7. The van der Waals surface area contributed by atoms with Crippen molar-refractivity contribution in [2.45, 2.75) is 51.2 Å². The average Bonchev–Trinajstić information content (AvgIpc) is 2.28. The third-order valence-electron chi connectivity index (χ3n) is 3.92. The summed E-state index contributed by atoms with van der Waals surface area (Å²) in [6.07, 6.45) is -1.58. The van der Waals surface area contributed by atoms with Crippen molar-refractivity contribution in [1.29, 1.82) is 0 Å². The molecule has 0 aliphatic carbocycles. The van der Waals surface area contributed by atoms with Crippen molar-refractivity contribution in [3.8, 4) is 0 Å². The molecule has 5 heteroatoms. The molecule has 0 saturated carbocycles. The second-order valence-corrected chi connectivity index (χ2v) is 5.19. The molecule has 2 nitrogen and oxygen atoms in total. The molecule has 1 heterocycles. The van der Waals surface area contributed by atoms with Crippen LogP contribution in [0.15, 0.2) is 0 Å². The van der Waals surface area contributed by atoms with E-state index in [1.54, 1.807) is 0 Å². The van der Waals surface area contributed by atoms with Crippen molar-refractivity contribution in [2.75, 3.05) is 19.6 Å². The van der Waals surface area contributed by atoms with E-state index in [-0.39, 0.29) is 18.5 Å². The summed E-state index contributed by atoms with van der Waals surface area (Å²) in [6.45, 7) is 5.42. The molecule has 1 fully saturated rings. The topological polar surface area (TPSA) is 29.3 Å². The van der Waals surface area contributed by atoms with Crippen LogP contribution < -0.4 is 5.73 Å². The highest BCUT2D eigenvalue weighted by Crippen LogP contribution is 2.33. The summed E-state index contributed by atoms with van der Waals surface area (Å²) in [6, 6.07) is 0. The molecule has 102 valence electrons. The van der Waals surface area contributed by atoms with E-state index in [1.807, 2.05) is 18.7 Å². The van der Waals surface area contributed by atoms with Gasteiger partial charge in [0.05, 0.1) is 5.92 Å². The van der Waals surface area contributed by atoms with Gasteiger partial charge in [0, 0.05) is 18.6 Å². The van der Waals surface area contributed by atoms with Crippen LogP contribution in [0.5, 0.6) is 0 Å². The number of hydrogen-bond acceptors (Lipinski definition) is 2. The van der Waals surface area contributed by atoms with Crippen molar-refractivity contribution >= 4 is 0 Å². The molecule has 0 aromatic rings. The fraction of sp³-hybridized carbons (Fsp3) is 1.00. The zero-order chi connectivity index (χ0) is 13.1. The standard InChI is InChI=1S/C12H23F3N2/c1-3-11(16,4-2)9-17-7-5-6-10(8-17)12(13,14)15/h10H,3-9,16H2,1-2H3.